The Bertz CT molecular complexity index is 688. The molecule has 4 N–H and O–H groups in total. The van der Waals surface area contributed by atoms with E-state index in [0.717, 1.165) is 5.69 Å². The summed E-state index contributed by atoms with van der Waals surface area (Å²) in [5, 5.41) is 2.81. The van der Waals surface area contributed by atoms with Crippen molar-refractivity contribution in [2.75, 3.05) is 30.3 Å². The lowest BCUT2D eigenvalue weighted by molar-refractivity contribution is -0.120. The topological polar surface area (TPSA) is 104 Å². The Kier molecular flexibility index (Phi) is 2.66. The monoisotopic (exact) mass is 262 g/mol. The Morgan fingerprint density at radius 3 is 2.95 bits per heavy atom. The minimum absolute atomic E-state index is 0.0406. The van der Waals surface area contributed by atoms with E-state index in [1.54, 1.807) is 12.1 Å². The predicted octanol–water partition coefficient (Wildman–Crippen LogP) is 0.0296. The molecule has 2 aromatic rings. The number of carbonyl (C=O) groups excluding carboxylic acids is 1. The average Bonchev–Trinajstić information content (AvgIpc) is 2.57. The van der Waals surface area contributed by atoms with E-state index in [2.05, 4.69) is 10.3 Å². The molecule has 1 aromatic heterocycles. The van der Waals surface area contributed by atoms with Gasteiger partial charge in [-0.15, -0.1) is 0 Å². The van der Waals surface area contributed by atoms with E-state index in [9.17, 15) is 9.59 Å². The fourth-order valence-corrected chi connectivity index (χ4v) is 2.28. The molecule has 0 aliphatic carbocycles. The number of H-pyrrole nitrogens is 1. The second-order valence-corrected chi connectivity index (χ2v) is 4.51. The third-order valence-electron chi connectivity index (χ3n) is 3.22. The molecule has 7 heteroatoms. The van der Waals surface area contributed by atoms with Gasteiger partial charge in [-0.25, -0.2) is 4.79 Å². The van der Waals surface area contributed by atoms with Gasteiger partial charge < -0.3 is 20.4 Å². The maximum Gasteiger partial charge on any atom is 0.417 e. The van der Waals surface area contributed by atoms with Gasteiger partial charge in [0.25, 0.3) is 0 Å². The second-order valence-electron chi connectivity index (χ2n) is 4.51. The predicted molar refractivity (Wildman–Crippen MR) is 71.1 cm³/mol. The van der Waals surface area contributed by atoms with Crippen molar-refractivity contribution in [1.82, 2.24) is 10.3 Å². The number of aromatic amines is 1. The third-order valence-corrected chi connectivity index (χ3v) is 3.22. The summed E-state index contributed by atoms with van der Waals surface area (Å²) in [6.45, 7) is 1.87. The van der Waals surface area contributed by atoms with Gasteiger partial charge in [0.05, 0.1) is 16.9 Å². The summed E-state index contributed by atoms with van der Waals surface area (Å²) in [7, 11) is 0. The first-order valence-electron chi connectivity index (χ1n) is 6.07. The SMILES string of the molecule is Nc1cc2oc(=O)[nH]c2cc1N1CCNC(=O)CC1. The summed E-state index contributed by atoms with van der Waals surface area (Å²) in [6.07, 6.45) is 0.430. The van der Waals surface area contributed by atoms with Crippen LogP contribution in [0, 0.1) is 0 Å². The normalized spacial score (nSPS) is 16.4. The molecule has 1 saturated heterocycles. The zero-order chi connectivity index (χ0) is 13.4. The van der Waals surface area contributed by atoms with E-state index in [4.69, 9.17) is 10.2 Å². The molecule has 1 aliphatic rings. The zero-order valence-electron chi connectivity index (χ0n) is 10.2. The van der Waals surface area contributed by atoms with Crippen LogP contribution in [0.4, 0.5) is 11.4 Å². The number of oxazole rings is 1. The van der Waals surface area contributed by atoms with E-state index in [-0.39, 0.29) is 5.91 Å². The molecule has 0 spiro atoms. The summed E-state index contributed by atoms with van der Waals surface area (Å²) in [5.41, 5.74) is 8.38. The number of hydrogen-bond donors (Lipinski definition) is 3. The number of nitrogens with two attached hydrogens (primary N) is 1. The van der Waals surface area contributed by atoms with Crippen molar-refractivity contribution in [3.05, 3.63) is 22.7 Å². The quantitative estimate of drug-likeness (QED) is 0.629. The van der Waals surface area contributed by atoms with Gasteiger partial charge in [-0.3, -0.25) is 9.78 Å². The van der Waals surface area contributed by atoms with E-state index < -0.39 is 5.76 Å². The number of nitrogens with zero attached hydrogens (tertiary/aromatic N) is 1. The number of carbonyl (C=O) groups is 1. The minimum atomic E-state index is -0.501. The van der Waals surface area contributed by atoms with Crippen molar-refractivity contribution in [2.45, 2.75) is 6.42 Å². The lowest BCUT2D eigenvalue weighted by Gasteiger charge is -2.23. The molecular formula is C12H14N4O3. The fraction of sp³-hybridized carbons (Fsp3) is 0.333. The summed E-state index contributed by atoms with van der Waals surface area (Å²) < 4.78 is 4.96. The number of anilines is 2. The van der Waals surface area contributed by atoms with Gasteiger partial charge in [-0.05, 0) is 6.07 Å². The zero-order valence-corrected chi connectivity index (χ0v) is 10.2. The van der Waals surface area contributed by atoms with Crippen LogP contribution < -0.4 is 21.7 Å². The van der Waals surface area contributed by atoms with Crippen LogP contribution in [0.25, 0.3) is 11.1 Å². The van der Waals surface area contributed by atoms with Crippen molar-refractivity contribution in [3.8, 4) is 0 Å². The van der Waals surface area contributed by atoms with Crippen LogP contribution in [0.3, 0.4) is 0 Å². The molecule has 1 amide bonds. The summed E-state index contributed by atoms with van der Waals surface area (Å²) in [5.74, 6) is -0.460. The van der Waals surface area contributed by atoms with Crippen molar-refractivity contribution in [1.29, 1.82) is 0 Å². The highest BCUT2D eigenvalue weighted by Crippen LogP contribution is 2.28. The standard InChI is InChI=1S/C12H14N4O3/c13-7-5-10-8(15-12(18)19-10)6-9(7)16-3-1-11(17)14-2-4-16/h5-6H,1-4,13H2,(H,14,17)(H,15,18). The lowest BCUT2D eigenvalue weighted by Crippen LogP contribution is -2.28. The number of benzene rings is 1. The molecular weight excluding hydrogens is 248 g/mol. The fourth-order valence-electron chi connectivity index (χ4n) is 2.28. The molecule has 0 bridgehead atoms. The number of amides is 1. The maximum absolute atomic E-state index is 11.3. The van der Waals surface area contributed by atoms with Crippen LogP contribution in [-0.4, -0.2) is 30.5 Å². The molecule has 1 aromatic carbocycles. The first kappa shape index (κ1) is 11.6. The van der Waals surface area contributed by atoms with E-state index in [0.29, 0.717) is 42.8 Å². The van der Waals surface area contributed by atoms with Gasteiger partial charge in [0, 0.05) is 32.1 Å². The van der Waals surface area contributed by atoms with Crippen molar-refractivity contribution >= 4 is 28.4 Å². The summed E-state index contributed by atoms with van der Waals surface area (Å²) in [6, 6.07) is 3.41. The molecule has 0 atom stereocenters. The third kappa shape index (κ3) is 2.14. The van der Waals surface area contributed by atoms with Crippen molar-refractivity contribution in [2.24, 2.45) is 0 Å². The molecule has 19 heavy (non-hydrogen) atoms. The molecule has 7 nitrogen and oxygen atoms in total. The molecule has 100 valence electrons. The van der Waals surface area contributed by atoms with Crippen LogP contribution >= 0.6 is 0 Å². The first-order valence-corrected chi connectivity index (χ1v) is 6.07. The number of nitrogen functional groups attached to an aromatic ring is 1. The highest BCUT2D eigenvalue weighted by atomic mass is 16.4. The maximum atomic E-state index is 11.3. The molecule has 0 unspecified atom stereocenters. The Labute approximate surface area is 108 Å². The van der Waals surface area contributed by atoms with Gasteiger partial charge in [-0.2, -0.15) is 0 Å². The molecule has 1 fully saturated rings. The van der Waals surface area contributed by atoms with Crippen LogP contribution in [0.1, 0.15) is 6.42 Å². The summed E-state index contributed by atoms with van der Waals surface area (Å²) >= 11 is 0. The Balaban J connectivity index is 2.01. The number of fused-ring (bicyclic) bond motifs is 1. The average molecular weight is 262 g/mol. The molecule has 2 heterocycles. The molecule has 1 aliphatic heterocycles. The van der Waals surface area contributed by atoms with Crippen molar-refractivity contribution < 1.29 is 9.21 Å². The van der Waals surface area contributed by atoms with Crippen LogP contribution in [0.15, 0.2) is 21.3 Å². The first-order chi connectivity index (χ1) is 9.13. The number of nitrogens with one attached hydrogen (secondary N) is 2. The van der Waals surface area contributed by atoms with E-state index in [1.807, 2.05) is 4.90 Å². The lowest BCUT2D eigenvalue weighted by atomic mass is 10.2. The molecule has 0 saturated carbocycles. The van der Waals surface area contributed by atoms with Gasteiger partial charge >= 0.3 is 5.76 Å². The van der Waals surface area contributed by atoms with Crippen LogP contribution in [0.2, 0.25) is 0 Å². The number of hydrogen-bond acceptors (Lipinski definition) is 5. The van der Waals surface area contributed by atoms with Crippen molar-refractivity contribution in [3.63, 3.8) is 0 Å². The van der Waals surface area contributed by atoms with E-state index in [1.165, 1.54) is 0 Å². The van der Waals surface area contributed by atoms with Gasteiger partial charge in [0.2, 0.25) is 5.91 Å². The second kappa shape index (κ2) is 4.34. The van der Waals surface area contributed by atoms with Gasteiger partial charge in [0.1, 0.15) is 0 Å². The van der Waals surface area contributed by atoms with Gasteiger partial charge in [0.15, 0.2) is 5.58 Å². The number of rotatable bonds is 1. The smallest absolute Gasteiger partial charge is 0.408 e. The largest absolute Gasteiger partial charge is 0.417 e. The Morgan fingerprint density at radius 1 is 1.26 bits per heavy atom. The van der Waals surface area contributed by atoms with Gasteiger partial charge in [-0.1, -0.05) is 0 Å². The minimum Gasteiger partial charge on any atom is -0.408 e. The summed E-state index contributed by atoms with van der Waals surface area (Å²) in [4.78, 5) is 27.1. The highest BCUT2D eigenvalue weighted by molar-refractivity contribution is 5.86. The van der Waals surface area contributed by atoms with Crippen LogP contribution in [-0.2, 0) is 4.79 Å². The molecule has 3 rings (SSSR count). The Morgan fingerprint density at radius 2 is 2.11 bits per heavy atom. The van der Waals surface area contributed by atoms with E-state index >= 15 is 0 Å². The molecule has 0 radical (unpaired) electrons. The highest BCUT2D eigenvalue weighted by Gasteiger charge is 2.17. The van der Waals surface area contributed by atoms with Crippen LogP contribution in [0.5, 0.6) is 0 Å². The number of aromatic nitrogens is 1. The Hall–Kier alpha value is -2.44.